The first-order valence-electron chi connectivity index (χ1n) is 7.33. The van der Waals surface area contributed by atoms with E-state index in [9.17, 15) is 0 Å². The normalized spacial score (nSPS) is 21.9. The van der Waals surface area contributed by atoms with Crippen molar-refractivity contribution in [2.24, 2.45) is 5.73 Å². The minimum Gasteiger partial charge on any atom is -0.497 e. The number of methoxy groups -OCH3 is 1. The number of hydrogen-bond acceptors (Lipinski definition) is 5. The van der Waals surface area contributed by atoms with Crippen LogP contribution in [0.2, 0.25) is 0 Å². The minimum atomic E-state index is 0.200. The van der Waals surface area contributed by atoms with Crippen LogP contribution >= 0.6 is 0 Å². The van der Waals surface area contributed by atoms with Crippen molar-refractivity contribution in [3.8, 4) is 11.5 Å². The second kappa shape index (κ2) is 4.86. The van der Waals surface area contributed by atoms with Crippen molar-refractivity contribution < 1.29 is 9.47 Å². The molecule has 3 heterocycles. The summed E-state index contributed by atoms with van der Waals surface area (Å²) < 4.78 is 11.5. The van der Waals surface area contributed by atoms with E-state index < -0.39 is 0 Å². The van der Waals surface area contributed by atoms with E-state index in [0.717, 1.165) is 48.5 Å². The van der Waals surface area contributed by atoms with Crippen LogP contribution in [0.1, 0.15) is 5.56 Å². The lowest BCUT2D eigenvalue weighted by Gasteiger charge is -2.38. The van der Waals surface area contributed by atoms with Crippen LogP contribution in [0.25, 0.3) is 10.9 Å². The van der Waals surface area contributed by atoms with E-state index >= 15 is 0 Å². The number of hydrogen-bond donors (Lipinski definition) is 1. The fraction of sp³-hybridized carbons (Fsp3) is 0.438. The minimum absolute atomic E-state index is 0.200. The number of aromatic nitrogens is 1. The van der Waals surface area contributed by atoms with Crippen LogP contribution in [-0.2, 0) is 6.42 Å². The predicted molar refractivity (Wildman–Crippen MR) is 80.8 cm³/mol. The summed E-state index contributed by atoms with van der Waals surface area (Å²) in [5.41, 5.74) is 7.96. The Kier molecular flexibility index (Phi) is 2.97. The average molecular weight is 285 g/mol. The van der Waals surface area contributed by atoms with Gasteiger partial charge in [-0.05, 0) is 18.2 Å². The van der Waals surface area contributed by atoms with Crippen LogP contribution in [0.4, 0.5) is 0 Å². The molecule has 0 bridgehead atoms. The first-order valence-corrected chi connectivity index (χ1v) is 7.33. The van der Waals surface area contributed by atoms with Crippen molar-refractivity contribution in [1.82, 2.24) is 9.88 Å². The zero-order chi connectivity index (χ0) is 14.4. The lowest BCUT2D eigenvalue weighted by molar-refractivity contribution is 0.0905. The molecule has 1 atom stereocenters. The Morgan fingerprint density at radius 3 is 3.05 bits per heavy atom. The molecule has 2 aliphatic rings. The molecule has 1 fully saturated rings. The molecule has 1 unspecified atom stereocenters. The van der Waals surface area contributed by atoms with E-state index in [1.807, 2.05) is 24.4 Å². The fourth-order valence-corrected chi connectivity index (χ4v) is 3.20. The highest BCUT2D eigenvalue weighted by molar-refractivity contribution is 5.88. The zero-order valence-electron chi connectivity index (χ0n) is 12.1. The van der Waals surface area contributed by atoms with Gasteiger partial charge in [0, 0.05) is 49.2 Å². The summed E-state index contributed by atoms with van der Waals surface area (Å²) in [5, 5.41) is 1.04. The van der Waals surface area contributed by atoms with Crippen molar-refractivity contribution in [2.45, 2.75) is 18.6 Å². The number of likely N-dealkylation sites (tertiary alicyclic amines) is 1. The van der Waals surface area contributed by atoms with Gasteiger partial charge in [0.25, 0.3) is 0 Å². The summed E-state index contributed by atoms with van der Waals surface area (Å²) in [7, 11) is 1.68. The molecule has 0 saturated carbocycles. The van der Waals surface area contributed by atoms with Gasteiger partial charge in [-0.2, -0.15) is 0 Å². The van der Waals surface area contributed by atoms with Crippen molar-refractivity contribution in [3.63, 3.8) is 0 Å². The highest BCUT2D eigenvalue weighted by Gasteiger charge is 2.31. The van der Waals surface area contributed by atoms with Crippen molar-refractivity contribution in [1.29, 1.82) is 0 Å². The largest absolute Gasteiger partial charge is 0.497 e. The molecule has 1 saturated heterocycles. The second-order valence-electron chi connectivity index (χ2n) is 5.92. The Bertz CT molecular complexity index is 683. The summed E-state index contributed by atoms with van der Waals surface area (Å²) in [5.74, 6) is 1.80. The number of fused-ring (bicyclic) bond motifs is 3. The van der Waals surface area contributed by atoms with Crippen LogP contribution in [0.15, 0.2) is 24.4 Å². The number of nitrogens with two attached hydrogens (primary N) is 1. The maximum absolute atomic E-state index is 6.18. The van der Waals surface area contributed by atoms with Gasteiger partial charge in [-0.15, -0.1) is 0 Å². The number of pyridine rings is 1. The van der Waals surface area contributed by atoms with Gasteiger partial charge in [-0.25, -0.2) is 0 Å². The quantitative estimate of drug-likeness (QED) is 0.918. The fourth-order valence-electron chi connectivity index (χ4n) is 3.20. The van der Waals surface area contributed by atoms with Gasteiger partial charge in [0.2, 0.25) is 0 Å². The molecular formula is C16H19N3O2. The molecule has 5 heteroatoms. The van der Waals surface area contributed by atoms with Gasteiger partial charge < -0.3 is 15.2 Å². The van der Waals surface area contributed by atoms with Crippen molar-refractivity contribution in [3.05, 3.63) is 30.0 Å². The smallest absolute Gasteiger partial charge is 0.134 e. The number of benzene rings is 1. The first kappa shape index (κ1) is 12.9. The molecule has 4 rings (SSSR count). The lowest BCUT2D eigenvalue weighted by Crippen LogP contribution is -2.57. The molecule has 0 radical (unpaired) electrons. The number of nitrogens with zero attached hydrogens (tertiary/aromatic N) is 2. The topological polar surface area (TPSA) is 60.6 Å². The molecular weight excluding hydrogens is 266 g/mol. The van der Waals surface area contributed by atoms with Gasteiger partial charge in [0.05, 0.1) is 12.6 Å². The average Bonchev–Trinajstić information content (AvgIpc) is 2.88. The van der Waals surface area contributed by atoms with Crippen LogP contribution in [0.3, 0.4) is 0 Å². The Labute approximate surface area is 123 Å². The summed E-state index contributed by atoms with van der Waals surface area (Å²) in [4.78, 5) is 6.86. The molecule has 2 aromatic rings. The monoisotopic (exact) mass is 285 g/mol. The molecule has 1 aromatic heterocycles. The lowest BCUT2D eigenvalue weighted by atomic mass is 10.1. The predicted octanol–water partition coefficient (Wildman–Crippen LogP) is 1.19. The standard InChI is InChI=1S/C16H19N3O2/c1-20-12-2-3-15-14(5-12)16-10(6-18-15)4-13(21-16)9-19-7-11(17)8-19/h2-3,5-6,11,13H,4,7-9,17H2,1H3. The Morgan fingerprint density at radius 2 is 2.29 bits per heavy atom. The second-order valence-corrected chi connectivity index (χ2v) is 5.92. The van der Waals surface area contributed by atoms with Gasteiger partial charge >= 0.3 is 0 Å². The third kappa shape index (κ3) is 2.22. The molecule has 21 heavy (non-hydrogen) atoms. The molecule has 2 N–H and O–H groups in total. The highest BCUT2D eigenvalue weighted by Crippen LogP contribution is 2.37. The van der Waals surface area contributed by atoms with Crippen molar-refractivity contribution >= 4 is 10.9 Å². The summed E-state index contributed by atoms with van der Waals surface area (Å²) in [6.07, 6.45) is 3.05. The van der Waals surface area contributed by atoms with Crippen LogP contribution in [0.5, 0.6) is 11.5 Å². The molecule has 110 valence electrons. The molecule has 5 nitrogen and oxygen atoms in total. The van der Waals surface area contributed by atoms with Gasteiger partial charge in [0.15, 0.2) is 0 Å². The van der Waals surface area contributed by atoms with Crippen LogP contribution < -0.4 is 15.2 Å². The number of ether oxygens (including phenoxy) is 2. The third-order valence-corrected chi connectivity index (χ3v) is 4.28. The molecule has 0 spiro atoms. The third-order valence-electron chi connectivity index (χ3n) is 4.28. The van der Waals surface area contributed by atoms with E-state index in [1.54, 1.807) is 7.11 Å². The molecule has 2 aliphatic heterocycles. The van der Waals surface area contributed by atoms with E-state index in [-0.39, 0.29) is 6.10 Å². The van der Waals surface area contributed by atoms with Gasteiger partial charge in [0.1, 0.15) is 17.6 Å². The van der Waals surface area contributed by atoms with Crippen LogP contribution in [-0.4, -0.2) is 48.8 Å². The van der Waals surface area contributed by atoms with Crippen molar-refractivity contribution in [2.75, 3.05) is 26.7 Å². The summed E-state index contributed by atoms with van der Waals surface area (Å²) in [6, 6.07) is 6.23. The van der Waals surface area contributed by atoms with E-state index in [1.165, 1.54) is 5.56 Å². The Morgan fingerprint density at radius 1 is 1.43 bits per heavy atom. The Hall–Kier alpha value is -1.85. The zero-order valence-corrected chi connectivity index (χ0v) is 12.1. The number of rotatable bonds is 3. The maximum Gasteiger partial charge on any atom is 0.134 e. The van der Waals surface area contributed by atoms with E-state index in [4.69, 9.17) is 15.2 Å². The SMILES string of the molecule is COc1ccc2ncc3c(c2c1)OC(CN1CC(N)C1)C3. The molecule has 0 aliphatic carbocycles. The Balaban J connectivity index is 1.60. The summed E-state index contributed by atoms with van der Waals surface area (Å²) >= 11 is 0. The maximum atomic E-state index is 6.18. The van der Waals surface area contributed by atoms with Gasteiger partial charge in [-0.1, -0.05) is 0 Å². The first-order chi connectivity index (χ1) is 10.2. The molecule has 0 amide bonds. The highest BCUT2D eigenvalue weighted by atomic mass is 16.5. The molecule has 1 aromatic carbocycles. The van der Waals surface area contributed by atoms with Gasteiger partial charge in [-0.3, -0.25) is 9.88 Å². The summed E-state index contributed by atoms with van der Waals surface area (Å²) in [6.45, 7) is 2.89. The van der Waals surface area contributed by atoms with E-state index in [2.05, 4.69) is 9.88 Å². The van der Waals surface area contributed by atoms with E-state index in [0.29, 0.717) is 6.04 Å². The van der Waals surface area contributed by atoms with Crippen LogP contribution in [0, 0.1) is 0 Å².